The number of rotatable bonds is 5. The van der Waals surface area contributed by atoms with Crippen LogP contribution in [0.5, 0.6) is 0 Å². The number of amides is 1. The predicted molar refractivity (Wildman–Crippen MR) is 70.1 cm³/mol. The number of nitrogens with one attached hydrogen (secondary N) is 1. The zero-order valence-corrected chi connectivity index (χ0v) is 10.0. The van der Waals surface area contributed by atoms with Crippen LogP contribution in [0.2, 0.25) is 0 Å². The molecule has 0 aliphatic carbocycles. The minimum Gasteiger partial charge on any atom is -0.348 e. The Labute approximate surface area is 102 Å². The monoisotopic (exact) mass is 230 g/mol. The SMILES string of the molecule is CC=CC=CC(=O)NCc1ccccc1CN. The molecule has 3 heteroatoms. The molecule has 0 heterocycles. The van der Waals surface area contributed by atoms with Crippen LogP contribution in [0.15, 0.2) is 48.6 Å². The second kappa shape index (κ2) is 7.41. The van der Waals surface area contributed by atoms with Gasteiger partial charge in [-0.2, -0.15) is 0 Å². The molecule has 0 saturated carbocycles. The largest absolute Gasteiger partial charge is 0.348 e. The summed E-state index contributed by atoms with van der Waals surface area (Å²) in [6, 6.07) is 7.82. The summed E-state index contributed by atoms with van der Waals surface area (Å²) >= 11 is 0. The van der Waals surface area contributed by atoms with E-state index in [-0.39, 0.29) is 5.91 Å². The van der Waals surface area contributed by atoms with Crippen LogP contribution in [-0.4, -0.2) is 5.91 Å². The van der Waals surface area contributed by atoms with Crippen LogP contribution in [0.3, 0.4) is 0 Å². The highest BCUT2D eigenvalue weighted by Gasteiger charge is 2.00. The maximum absolute atomic E-state index is 11.4. The lowest BCUT2D eigenvalue weighted by Crippen LogP contribution is -2.21. The topological polar surface area (TPSA) is 55.1 Å². The second-order valence-corrected chi connectivity index (χ2v) is 3.58. The van der Waals surface area contributed by atoms with Gasteiger partial charge in [0.1, 0.15) is 0 Å². The van der Waals surface area contributed by atoms with E-state index in [4.69, 9.17) is 5.73 Å². The van der Waals surface area contributed by atoms with Crippen molar-refractivity contribution in [2.75, 3.05) is 0 Å². The van der Waals surface area contributed by atoms with Crippen molar-refractivity contribution in [2.24, 2.45) is 5.73 Å². The molecule has 0 spiro atoms. The Morgan fingerprint density at radius 1 is 1.29 bits per heavy atom. The number of nitrogens with two attached hydrogens (primary N) is 1. The van der Waals surface area contributed by atoms with Crippen LogP contribution in [0.25, 0.3) is 0 Å². The molecule has 1 rings (SSSR count). The maximum atomic E-state index is 11.4. The third-order valence-electron chi connectivity index (χ3n) is 2.34. The van der Waals surface area contributed by atoms with E-state index in [9.17, 15) is 4.79 Å². The smallest absolute Gasteiger partial charge is 0.244 e. The Hall–Kier alpha value is -1.87. The molecular weight excluding hydrogens is 212 g/mol. The summed E-state index contributed by atoms with van der Waals surface area (Å²) in [5, 5.41) is 2.82. The first-order valence-electron chi connectivity index (χ1n) is 5.62. The van der Waals surface area contributed by atoms with Crippen molar-refractivity contribution in [3.05, 3.63) is 59.7 Å². The molecule has 0 atom stereocenters. The third-order valence-corrected chi connectivity index (χ3v) is 2.34. The van der Waals surface area contributed by atoms with Gasteiger partial charge in [0.2, 0.25) is 5.91 Å². The standard InChI is InChI=1S/C14H18N2O/c1-2-3-4-9-14(17)16-11-13-8-6-5-7-12(13)10-15/h2-9H,10-11,15H2,1H3,(H,16,17). The van der Waals surface area contributed by atoms with E-state index in [0.717, 1.165) is 11.1 Å². The number of carbonyl (C=O) groups is 1. The van der Waals surface area contributed by atoms with Gasteiger partial charge in [0, 0.05) is 19.2 Å². The Morgan fingerprint density at radius 2 is 2.00 bits per heavy atom. The molecule has 0 aliphatic rings. The molecule has 3 N–H and O–H groups in total. The van der Waals surface area contributed by atoms with Gasteiger partial charge in [-0.15, -0.1) is 0 Å². The fourth-order valence-electron chi connectivity index (χ4n) is 1.42. The van der Waals surface area contributed by atoms with Gasteiger partial charge >= 0.3 is 0 Å². The fraction of sp³-hybridized carbons (Fsp3) is 0.214. The summed E-state index contributed by atoms with van der Waals surface area (Å²) in [5.41, 5.74) is 7.74. The molecule has 3 nitrogen and oxygen atoms in total. The number of benzene rings is 1. The van der Waals surface area contributed by atoms with Crippen LogP contribution in [0.1, 0.15) is 18.1 Å². The molecule has 1 aromatic carbocycles. The molecule has 1 amide bonds. The molecule has 0 aliphatic heterocycles. The van der Waals surface area contributed by atoms with E-state index >= 15 is 0 Å². The minimum atomic E-state index is -0.102. The average molecular weight is 230 g/mol. The van der Waals surface area contributed by atoms with Gasteiger partial charge < -0.3 is 11.1 Å². The first-order valence-corrected chi connectivity index (χ1v) is 5.62. The average Bonchev–Trinajstić information content (AvgIpc) is 2.37. The summed E-state index contributed by atoms with van der Waals surface area (Å²) < 4.78 is 0. The van der Waals surface area contributed by atoms with Crippen molar-refractivity contribution in [3.8, 4) is 0 Å². The summed E-state index contributed by atoms with van der Waals surface area (Å²) in [4.78, 5) is 11.4. The van der Waals surface area contributed by atoms with E-state index < -0.39 is 0 Å². The van der Waals surface area contributed by atoms with Gasteiger partial charge in [0.05, 0.1) is 0 Å². The van der Waals surface area contributed by atoms with Crippen molar-refractivity contribution < 1.29 is 4.79 Å². The van der Waals surface area contributed by atoms with Crippen molar-refractivity contribution in [2.45, 2.75) is 20.0 Å². The molecule has 0 radical (unpaired) electrons. The lowest BCUT2D eigenvalue weighted by molar-refractivity contribution is -0.116. The first kappa shape index (κ1) is 13.2. The van der Waals surface area contributed by atoms with Gasteiger partial charge in [-0.25, -0.2) is 0 Å². The van der Waals surface area contributed by atoms with Gasteiger partial charge in [-0.05, 0) is 18.1 Å². The fourth-order valence-corrected chi connectivity index (χ4v) is 1.42. The number of hydrogen-bond donors (Lipinski definition) is 2. The Morgan fingerprint density at radius 3 is 2.65 bits per heavy atom. The molecule has 0 bridgehead atoms. The molecule has 90 valence electrons. The van der Waals surface area contributed by atoms with E-state index in [1.807, 2.05) is 43.3 Å². The quantitative estimate of drug-likeness (QED) is 0.599. The van der Waals surface area contributed by atoms with Crippen LogP contribution in [0.4, 0.5) is 0 Å². The molecule has 1 aromatic rings. The minimum absolute atomic E-state index is 0.102. The van der Waals surface area contributed by atoms with Crippen LogP contribution in [0, 0.1) is 0 Å². The predicted octanol–water partition coefficient (Wildman–Crippen LogP) is 1.89. The van der Waals surface area contributed by atoms with Crippen molar-refractivity contribution in [1.82, 2.24) is 5.32 Å². The molecule has 0 unspecified atom stereocenters. The Kier molecular flexibility index (Phi) is 5.75. The highest BCUT2D eigenvalue weighted by molar-refractivity contribution is 5.87. The van der Waals surface area contributed by atoms with Crippen LogP contribution >= 0.6 is 0 Å². The molecule has 0 aromatic heterocycles. The molecule has 17 heavy (non-hydrogen) atoms. The van der Waals surface area contributed by atoms with E-state index in [1.54, 1.807) is 6.08 Å². The summed E-state index contributed by atoms with van der Waals surface area (Å²) in [7, 11) is 0. The lowest BCUT2D eigenvalue weighted by atomic mass is 10.1. The summed E-state index contributed by atoms with van der Waals surface area (Å²) in [6.07, 6.45) is 6.90. The number of hydrogen-bond acceptors (Lipinski definition) is 2. The van der Waals surface area contributed by atoms with Crippen molar-refractivity contribution in [1.29, 1.82) is 0 Å². The first-order chi connectivity index (χ1) is 8.27. The van der Waals surface area contributed by atoms with Gasteiger partial charge in [-0.3, -0.25) is 4.79 Å². The van der Waals surface area contributed by atoms with E-state index in [1.165, 1.54) is 6.08 Å². The third kappa shape index (κ3) is 4.66. The summed E-state index contributed by atoms with van der Waals surface area (Å²) in [6.45, 7) is 2.90. The zero-order valence-electron chi connectivity index (χ0n) is 10.0. The van der Waals surface area contributed by atoms with Crippen LogP contribution < -0.4 is 11.1 Å². The van der Waals surface area contributed by atoms with E-state index in [2.05, 4.69) is 5.32 Å². The van der Waals surface area contributed by atoms with Crippen molar-refractivity contribution >= 4 is 5.91 Å². The molecule has 0 saturated heterocycles. The highest BCUT2D eigenvalue weighted by Crippen LogP contribution is 2.07. The second-order valence-electron chi connectivity index (χ2n) is 3.58. The summed E-state index contributed by atoms with van der Waals surface area (Å²) in [5.74, 6) is -0.102. The zero-order chi connectivity index (χ0) is 12.5. The van der Waals surface area contributed by atoms with Crippen LogP contribution in [-0.2, 0) is 17.9 Å². The Balaban J connectivity index is 2.52. The maximum Gasteiger partial charge on any atom is 0.244 e. The normalized spacial score (nSPS) is 11.2. The molecule has 0 fully saturated rings. The van der Waals surface area contributed by atoms with E-state index in [0.29, 0.717) is 13.1 Å². The lowest BCUT2D eigenvalue weighted by Gasteiger charge is -2.07. The van der Waals surface area contributed by atoms with Gasteiger partial charge in [0.25, 0.3) is 0 Å². The van der Waals surface area contributed by atoms with Gasteiger partial charge in [0.15, 0.2) is 0 Å². The molecular formula is C14H18N2O. The van der Waals surface area contributed by atoms with Gasteiger partial charge in [-0.1, -0.05) is 42.5 Å². The Bertz CT molecular complexity index is 422. The number of allylic oxidation sites excluding steroid dienone is 3. The van der Waals surface area contributed by atoms with Crippen molar-refractivity contribution in [3.63, 3.8) is 0 Å². The highest BCUT2D eigenvalue weighted by atomic mass is 16.1. The number of carbonyl (C=O) groups excluding carboxylic acids is 1.